The molecule has 0 spiro atoms. The maximum atomic E-state index is 13.2. The predicted octanol–water partition coefficient (Wildman–Crippen LogP) is 2.13. The third kappa shape index (κ3) is 5.53. The Balaban J connectivity index is 1.54. The number of nitrogens with zero attached hydrogens (tertiary/aromatic N) is 4. The zero-order valence-electron chi connectivity index (χ0n) is 19.9. The molecule has 1 aliphatic heterocycles. The van der Waals surface area contributed by atoms with Crippen LogP contribution in [0.3, 0.4) is 0 Å². The third-order valence-corrected chi connectivity index (χ3v) is 6.24. The van der Waals surface area contributed by atoms with Crippen LogP contribution in [0.5, 0.6) is 0 Å². The Morgan fingerprint density at radius 2 is 2.00 bits per heavy atom. The van der Waals surface area contributed by atoms with Gasteiger partial charge >= 0.3 is 0 Å². The van der Waals surface area contributed by atoms with E-state index in [1.807, 2.05) is 18.2 Å². The number of carbonyl (C=O) groups is 1. The number of halogens is 1. The van der Waals surface area contributed by atoms with Gasteiger partial charge < -0.3 is 26.8 Å². The van der Waals surface area contributed by atoms with Crippen molar-refractivity contribution >= 4 is 23.2 Å². The van der Waals surface area contributed by atoms with E-state index >= 15 is 0 Å². The summed E-state index contributed by atoms with van der Waals surface area (Å²) in [5, 5.41) is 17.7. The van der Waals surface area contributed by atoms with Gasteiger partial charge in [-0.2, -0.15) is 9.49 Å². The number of piperidine rings is 1. The fourth-order valence-corrected chi connectivity index (χ4v) is 4.32. The molecule has 1 saturated heterocycles. The summed E-state index contributed by atoms with van der Waals surface area (Å²) in [7, 11) is 0. The molecule has 0 saturated carbocycles. The Kier molecular flexibility index (Phi) is 6.65. The van der Waals surface area contributed by atoms with E-state index in [9.17, 15) is 14.3 Å². The minimum atomic E-state index is -0.837. The summed E-state index contributed by atoms with van der Waals surface area (Å²) < 4.78 is 14.9. The average Bonchev–Trinajstić information content (AvgIpc) is 3.24. The molecule has 2 aromatic heterocycles. The molecule has 10 heteroatoms. The van der Waals surface area contributed by atoms with Gasteiger partial charge in [0.15, 0.2) is 11.6 Å². The molecule has 1 aliphatic rings. The molecular formula is C25H30FN7O2. The van der Waals surface area contributed by atoms with E-state index in [0.717, 1.165) is 11.5 Å². The fourth-order valence-electron chi connectivity index (χ4n) is 4.32. The van der Waals surface area contributed by atoms with Gasteiger partial charge in [0.25, 0.3) is 5.91 Å². The lowest BCUT2D eigenvalue weighted by Crippen LogP contribution is -2.51. The van der Waals surface area contributed by atoms with Crippen LogP contribution in [0.1, 0.15) is 42.7 Å². The van der Waals surface area contributed by atoms with Gasteiger partial charge in [0.2, 0.25) is 0 Å². The molecule has 0 aliphatic carbocycles. The standard InChI is InChI=1S/C25H30FN7O2/c1-24(2,35)14-19-4-3-5-21(29-19)32-12-10-25(16-27,11-13-32)33-15-20(22(28)34)23(31-33)30-18-8-6-17(26)7-9-18/h3-6,8,15,35H,10-14,16,27H2,1-2H3,(H2,28,34)(H,30,31). The molecule has 3 heterocycles. The lowest BCUT2D eigenvalue weighted by Gasteiger charge is -2.41. The molecule has 4 rings (SSSR count). The van der Waals surface area contributed by atoms with Crippen LogP contribution in [0.2, 0.25) is 0 Å². The average molecular weight is 480 g/mol. The van der Waals surface area contributed by atoms with Crippen LogP contribution >= 0.6 is 0 Å². The van der Waals surface area contributed by atoms with E-state index in [-0.39, 0.29) is 11.4 Å². The van der Waals surface area contributed by atoms with Crippen LogP contribution in [0.4, 0.5) is 21.7 Å². The second-order valence-electron chi connectivity index (χ2n) is 9.56. The molecule has 6 N–H and O–H groups in total. The monoisotopic (exact) mass is 479 g/mol. The number of carbonyl (C=O) groups excluding carboxylic acids is 1. The summed E-state index contributed by atoms with van der Waals surface area (Å²) >= 11 is 0. The number of aliphatic hydroxyl groups is 1. The van der Waals surface area contributed by atoms with Crippen LogP contribution in [0.25, 0.3) is 0 Å². The highest BCUT2D eigenvalue weighted by molar-refractivity contribution is 5.98. The smallest absolute Gasteiger partial charge is 0.254 e. The van der Waals surface area contributed by atoms with Crippen molar-refractivity contribution in [2.75, 3.05) is 29.9 Å². The first-order valence-electron chi connectivity index (χ1n) is 11.5. The molecule has 0 bridgehead atoms. The Hall–Kier alpha value is -3.68. The Labute approximate surface area is 203 Å². The van der Waals surface area contributed by atoms with E-state index in [2.05, 4.69) is 27.4 Å². The van der Waals surface area contributed by atoms with Crippen LogP contribution in [-0.4, -0.2) is 51.0 Å². The zero-order valence-corrected chi connectivity index (χ0v) is 19.9. The van der Waals surface area contributed by atoms with Crippen LogP contribution in [0, 0.1) is 17.9 Å². The number of amides is 1. The number of hydrogen-bond acceptors (Lipinski definition) is 7. The minimum absolute atomic E-state index is 0.207. The number of aromatic nitrogens is 3. The van der Waals surface area contributed by atoms with Gasteiger partial charge in [-0.15, -0.1) is 0 Å². The second kappa shape index (κ2) is 9.52. The van der Waals surface area contributed by atoms with Crippen molar-refractivity contribution in [2.24, 2.45) is 11.5 Å². The van der Waals surface area contributed by atoms with Gasteiger partial charge in [-0.25, -0.2) is 4.98 Å². The first kappa shape index (κ1) is 24.4. The number of pyridine rings is 1. The molecule has 0 atom stereocenters. The summed E-state index contributed by atoms with van der Waals surface area (Å²) in [4.78, 5) is 19.0. The van der Waals surface area contributed by atoms with Crippen molar-refractivity contribution in [1.82, 2.24) is 14.8 Å². The zero-order chi connectivity index (χ0) is 25.2. The number of nitrogens with one attached hydrogen (secondary N) is 1. The summed E-state index contributed by atoms with van der Waals surface area (Å²) in [6.07, 6.45) is 3.43. The largest absolute Gasteiger partial charge is 0.390 e. The van der Waals surface area contributed by atoms with Crippen molar-refractivity contribution in [2.45, 2.75) is 44.2 Å². The molecule has 1 fully saturated rings. The highest BCUT2D eigenvalue weighted by atomic mass is 19.1. The quantitative estimate of drug-likeness (QED) is 0.389. The van der Waals surface area contributed by atoms with Gasteiger partial charge in [0, 0.05) is 37.9 Å². The first-order valence-corrected chi connectivity index (χ1v) is 11.5. The van der Waals surface area contributed by atoms with Crippen molar-refractivity contribution in [3.63, 3.8) is 0 Å². The van der Waals surface area contributed by atoms with Crippen molar-refractivity contribution in [1.29, 1.82) is 0 Å². The van der Waals surface area contributed by atoms with E-state index in [1.54, 1.807) is 24.7 Å². The van der Waals surface area contributed by atoms with E-state index in [0.29, 0.717) is 44.6 Å². The summed E-state index contributed by atoms with van der Waals surface area (Å²) in [5.41, 5.74) is 11.9. The maximum absolute atomic E-state index is 13.2. The van der Waals surface area contributed by atoms with Gasteiger partial charge in [-0.05, 0) is 63.1 Å². The SMILES string of the molecule is CC(C)(O)Cc1cccc(N2CCC(CN)(n3cc(C(N)=O)c(Nc4c#cc(F)cc4)n3)CC2)n1. The summed E-state index contributed by atoms with van der Waals surface area (Å²) in [6, 6.07) is 13.5. The molecular weight excluding hydrogens is 449 g/mol. The highest BCUT2D eigenvalue weighted by Gasteiger charge is 2.37. The predicted molar refractivity (Wildman–Crippen MR) is 131 cm³/mol. The first-order chi connectivity index (χ1) is 16.6. The highest BCUT2D eigenvalue weighted by Crippen LogP contribution is 2.33. The van der Waals surface area contributed by atoms with Gasteiger partial charge in [0.05, 0.1) is 16.8 Å². The van der Waals surface area contributed by atoms with E-state index < -0.39 is 22.9 Å². The van der Waals surface area contributed by atoms with Gasteiger partial charge in [0.1, 0.15) is 11.4 Å². The topological polar surface area (TPSA) is 135 Å². The Morgan fingerprint density at radius 1 is 1.26 bits per heavy atom. The molecule has 0 unspecified atom stereocenters. The van der Waals surface area contributed by atoms with Gasteiger partial charge in [-0.3, -0.25) is 9.48 Å². The number of anilines is 3. The van der Waals surface area contributed by atoms with Crippen molar-refractivity contribution < 1.29 is 14.3 Å². The molecule has 0 radical (unpaired) electrons. The molecule has 35 heavy (non-hydrogen) atoms. The lowest BCUT2D eigenvalue weighted by molar-refractivity contribution is 0.0799. The van der Waals surface area contributed by atoms with Crippen LogP contribution in [-0.2, 0) is 12.0 Å². The molecule has 1 amide bonds. The number of rotatable bonds is 8. The third-order valence-electron chi connectivity index (χ3n) is 6.24. The van der Waals surface area contributed by atoms with E-state index in [4.69, 9.17) is 16.5 Å². The normalized spacial score (nSPS) is 15.5. The number of primary amides is 1. The summed E-state index contributed by atoms with van der Waals surface area (Å²) in [6.45, 7) is 5.22. The summed E-state index contributed by atoms with van der Waals surface area (Å²) in [5.74, 6) is -0.0708. The number of hydrogen-bond donors (Lipinski definition) is 4. The maximum Gasteiger partial charge on any atom is 0.254 e. The second-order valence-corrected chi connectivity index (χ2v) is 9.56. The van der Waals surface area contributed by atoms with Gasteiger partial charge in [-0.1, -0.05) is 6.07 Å². The van der Waals surface area contributed by atoms with Crippen LogP contribution < -0.4 is 21.7 Å². The van der Waals surface area contributed by atoms with E-state index in [1.165, 1.54) is 12.1 Å². The Morgan fingerprint density at radius 3 is 2.60 bits per heavy atom. The van der Waals surface area contributed by atoms with Crippen LogP contribution in [0.15, 0.2) is 36.5 Å². The molecule has 1 aromatic carbocycles. The minimum Gasteiger partial charge on any atom is -0.390 e. The lowest BCUT2D eigenvalue weighted by atomic mass is 9.87. The molecule has 184 valence electrons. The number of nitrogens with two attached hydrogens (primary N) is 2. The van der Waals surface area contributed by atoms with Crippen molar-refractivity contribution in [3.8, 4) is 0 Å². The van der Waals surface area contributed by atoms with Crippen molar-refractivity contribution in [3.05, 3.63) is 65.7 Å². The fraction of sp³-hybridized carbons (Fsp3) is 0.400. The Bertz CT molecular complexity index is 1180. The molecule has 3 aromatic rings. The molecule has 9 nitrogen and oxygen atoms in total.